The van der Waals surface area contributed by atoms with Gasteiger partial charge in [-0.05, 0) is 12.5 Å². The second-order valence-electron chi connectivity index (χ2n) is 2.02. The first kappa shape index (κ1) is 11.4. The van der Waals surface area contributed by atoms with Crippen LogP contribution in [0.5, 0.6) is 0 Å². The van der Waals surface area contributed by atoms with Gasteiger partial charge in [0.2, 0.25) is 0 Å². The van der Waals surface area contributed by atoms with Crippen LogP contribution in [-0.4, -0.2) is 0 Å². The van der Waals surface area contributed by atoms with Gasteiger partial charge in [0.25, 0.3) is 0 Å². The van der Waals surface area contributed by atoms with Crippen LogP contribution >= 0.6 is 0 Å². The Balaban J connectivity index is 0.000001000. The third kappa shape index (κ3) is 3.54. The molecular formula is C9H9KO. The van der Waals surface area contributed by atoms with Crippen molar-refractivity contribution in [3.8, 4) is 0 Å². The van der Waals surface area contributed by atoms with Gasteiger partial charge >= 0.3 is 51.4 Å². The van der Waals surface area contributed by atoms with Crippen molar-refractivity contribution in [2.45, 2.75) is 6.92 Å². The van der Waals surface area contributed by atoms with Crippen LogP contribution < -0.4 is 56.5 Å². The van der Waals surface area contributed by atoms with E-state index in [1.807, 2.05) is 30.3 Å². The maximum absolute atomic E-state index is 11.0. The molecule has 0 aromatic heterocycles. The second-order valence-corrected chi connectivity index (χ2v) is 2.02. The van der Waals surface area contributed by atoms with Gasteiger partial charge in [0.15, 0.2) is 0 Å². The van der Waals surface area contributed by atoms with Crippen molar-refractivity contribution >= 4 is 5.76 Å². The molecule has 11 heavy (non-hydrogen) atoms. The van der Waals surface area contributed by atoms with E-state index in [4.69, 9.17) is 0 Å². The molecule has 0 saturated carbocycles. The minimum Gasteiger partial charge on any atom is -0.872 e. The van der Waals surface area contributed by atoms with Crippen molar-refractivity contribution in [2.75, 3.05) is 0 Å². The molecule has 0 spiro atoms. The summed E-state index contributed by atoms with van der Waals surface area (Å²) in [6.45, 7) is 1.75. The van der Waals surface area contributed by atoms with Gasteiger partial charge in [0, 0.05) is 0 Å². The molecule has 0 atom stereocenters. The zero-order valence-electron chi connectivity index (χ0n) is 6.87. The second kappa shape index (κ2) is 5.97. The van der Waals surface area contributed by atoms with E-state index in [0.717, 1.165) is 5.56 Å². The first-order valence-electron chi connectivity index (χ1n) is 3.23. The van der Waals surface area contributed by atoms with Crippen LogP contribution in [0.15, 0.2) is 36.4 Å². The molecule has 0 radical (unpaired) electrons. The molecule has 1 aromatic rings. The molecule has 0 bridgehead atoms. The van der Waals surface area contributed by atoms with Crippen LogP contribution in [0.4, 0.5) is 0 Å². The van der Waals surface area contributed by atoms with Crippen LogP contribution in [-0.2, 0) is 0 Å². The largest absolute Gasteiger partial charge is 1.00 e. The summed E-state index contributed by atoms with van der Waals surface area (Å²) < 4.78 is 0. The van der Waals surface area contributed by atoms with Crippen molar-refractivity contribution in [1.82, 2.24) is 0 Å². The Morgan fingerprint density at radius 3 is 2.27 bits per heavy atom. The van der Waals surface area contributed by atoms with Gasteiger partial charge in [-0.3, -0.25) is 0 Å². The summed E-state index contributed by atoms with van der Waals surface area (Å²) in [5.41, 5.74) is 0.755. The molecule has 1 aromatic carbocycles. The standard InChI is InChI=1S/C9H10O.K/c1-2-9(10)8-6-4-3-5-7-8;/h2-7,10H,1H3;/q;+1/p-1/b9-2+;. The van der Waals surface area contributed by atoms with E-state index in [0.29, 0.717) is 0 Å². The van der Waals surface area contributed by atoms with Crippen molar-refractivity contribution in [3.05, 3.63) is 42.0 Å². The van der Waals surface area contributed by atoms with E-state index in [2.05, 4.69) is 0 Å². The molecule has 0 aliphatic heterocycles. The first-order chi connectivity index (χ1) is 4.84. The molecule has 0 N–H and O–H groups in total. The van der Waals surface area contributed by atoms with E-state index in [1.54, 1.807) is 13.0 Å². The van der Waals surface area contributed by atoms with E-state index in [9.17, 15) is 5.11 Å². The molecule has 1 nitrogen and oxygen atoms in total. The normalized spacial score (nSPS) is 10.5. The molecule has 1 rings (SSSR count). The zero-order valence-corrected chi connectivity index (χ0v) is 10.00. The Morgan fingerprint density at radius 2 is 1.82 bits per heavy atom. The quantitative estimate of drug-likeness (QED) is 0.370. The van der Waals surface area contributed by atoms with E-state index >= 15 is 0 Å². The summed E-state index contributed by atoms with van der Waals surface area (Å²) in [4.78, 5) is 0. The molecule has 0 saturated heterocycles. The Morgan fingerprint density at radius 1 is 1.27 bits per heavy atom. The smallest absolute Gasteiger partial charge is 0.872 e. The van der Waals surface area contributed by atoms with Gasteiger partial charge in [-0.2, -0.15) is 0 Å². The zero-order chi connectivity index (χ0) is 7.40. The van der Waals surface area contributed by atoms with Crippen molar-refractivity contribution in [3.63, 3.8) is 0 Å². The van der Waals surface area contributed by atoms with E-state index in [-0.39, 0.29) is 57.1 Å². The van der Waals surface area contributed by atoms with Crippen LogP contribution in [0.2, 0.25) is 0 Å². The maximum Gasteiger partial charge on any atom is 1.00 e. The van der Waals surface area contributed by atoms with E-state index in [1.165, 1.54) is 0 Å². The van der Waals surface area contributed by atoms with Gasteiger partial charge < -0.3 is 5.11 Å². The fraction of sp³-hybridized carbons (Fsp3) is 0.111. The third-order valence-corrected chi connectivity index (χ3v) is 1.32. The van der Waals surface area contributed by atoms with Gasteiger partial charge in [0.1, 0.15) is 0 Å². The molecular weight excluding hydrogens is 163 g/mol. The summed E-state index contributed by atoms with van der Waals surface area (Å²) in [5, 5.41) is 11.0. The van der Waals surface area contributed by atoms with Gasteiger partial charge in [-0.25, -0.2) is 0 Å². The summed E-state index contributed by atoms with van der Waals surface area (Å²) in [5.74, 6) is 0.0839. The maximum atomic E-state index is 11.0. The van der Waals surface area contributed by atoms with Crippen molar-refractivity contribution in [2.24, 2.45) is 0 Å². The summed E-state index contributed by atoms with van der Waals surface area (Å²) in [7, 11) is 0. The molecule has 0 heterocycles. The Hall–Kier alpha value is 0.396. The fourth-order valence-corrected chi connectivity index (χ4v) is 0.769. The average molecular weight is 172 g/mol. The Kier molecular flexibility index (Phi) is 6.19. The van der Waals surface area contributed by atoms with Crippen LogP contribution in [0, 0.1) is 0 Å². The summed E-state index contributed by atoms with van der Waals surface area (Å²) in [6.07, 6.45) is 1.56. The van der Waals surface area contributed by atoms with Crippen LogP contribution in [0.25, 0.3) is 5.76 Å². The molecule has 52 valence electrons. The van der Waals surface area contributed by atoms with E-state index < -0.39 is 0 Å². The number of benzene rings is 1. The number of hydrogen-bond acceptors (Lipinski definition) is 1. The molecule has 0 aliphatic carbocycles. The summed E-state index contributed by atoms with van der Waals surface area (Å²) in [6, 6.07) is 9.23. The van der Waals surface area contributed by atoms with Crippen molar-refractivity contribution in [1.29, 1.82) is 0 Å². The van der Waals surface area contributed by atoms with Gasteiger partial charge in [-0.1, -0.05) is 36.4 Å². The van der Waals surface area contributed by atoms with Crippen LogP contribution in [0.1, 0.15) is 12.5 Å². The number of allylic oxidation sites excluding steroid dienone is 1. The average Bonchev–Trinajstić information content (AvgIpc) is 2.05. The van der Waals surface area contributed by atoms with Crippen molar-refractivity contribution < 1.29 is 56.5 Å². The Labute approximate surface area is 110 Å². The Bertz CT molecular complexity index is 229. The van der Waals surface area contributed by atoms with Crippen LogP contribution in [0.3, 0.4) is 0 Å². The number of hydrogen-bond donors (Lipinski definition) is 0. The SMILES string of the molecule is C/C=C(/[O-])c1ccccc1.[K+]. The number of rotatable bonds is 1. The molecule has 0 unspecified atom stereocenters. The third-order valence-electron chi connectivity index (χ3n) is 1.32. The molecule has 2 heteroatoms. The summed E-state index contributed by atoms with van der Waals surface area (Å²) >= 11 is 0. The predicted molar refractivity (Wildman–Crippen MR) is 40.1 cm³/mol. The molecule has 0 fully saturated rings. The monoisotopic (exact) mass is 172 g/mol. The predicted octanol–water partition coefficient (Wildman–Crippen LogP) is -1.59. The fourth-order valence-electron chi connectivity index (χ4n) is 0.769. The topological polar surface area (TPSA) is 23.1 Å². The first-order valence-corrected chi connectivity index (χ1v) is 3.23. The minimum atomic E-state index is 0. The van der Waals surface area contributed by atoms with Gasteiger partial charge in [0.05, 0.1) is 0 Å². The minimum absolute atomic E-state index is 0. The molecule has 0 amide bonds. The molecule has 0 aliphatic rings. The van der Waals surface area contributed by atoms with Gasteiger partial charge in [-0.15, -0.1) is 5.76 Å².